The lowest BCUT2D eigenvalue weighted by atomic mass is 9.89. The van der Waals surface area contributed by atoms with E-state index in [-0.39, 0.29) is 5.91 Å². The molecule has 0 aromatic carbocycles. The van der Waals surface area contributed by atoms with Crippen LogP contribution in [0.4, 0.5) is 0 Å². The number of aromatic nitrogens is 3. The molecule has 0 unspecified atom stereocenters. The smallest absolute Gasteiger partial charge is 0.270 e. The molecule has 2 aromatic rings. The number of nitrogens with one attached hydrogen (secondary N) is 1. The minimum absolute atomic E-state index is 0.0908. The average molecular weight is 302 g/mol. The summed E-state index contributed by atoms with van der Waals surface area (Å²) in [5, 5.41) is 5.51. The van der Waals surface area contributed by atoms with Crippen LogP contribution in [0.1, 0.15) is 42.6 Å². The summed E-state index contributed by atoms with van der Waals surface area (Å²) in [5.74, 6) is 0.535. The van der Waals surface area contributed by atoms with E-state index in [0.717, 1.165) is 11.6 Å². The van der Waals surface area contributed by atoms with Gasteiger partial charge in [0, 0.05) is 24.3 Å². The summed E-state index contributed by atoms with van der Waals surface area (Å²) in [5.41, 5.74) is 1.17. The first kappa shape index (κ1) is 14.1. The SMILES string of the molecule is O=C(NCC1CCCCC1)c1csc(-c2cnccn2)n1. The Labute approximate surface area is 127 Å². The molecule has 21 heavy (non-hydrogen) atoms. The number of amides is 1. The molecule has 0 aliphatic heterocycles. The Morgan fingerprint density at radius 2 is 2.14 bits per heavy atom. The summed E-state index contributed by atoms with van der Waals surface area (Å²) in [4.78, 5) is 24.7. The summed E-state index contributed by atoms with van der Waals surface area (Å²) >= 11 is 1.42. The van der Waals surface area contributed by atoms with Crippen LogP contribution in [0.15, 0.2) is 24.0 Å². The van der Waals surface area contributed by atoms with Crippen molar-refractivity contribution < 1.29 is 4.79 Å². The number of carbonyl (C=O) groups is 1. The van der Waals surface area contributed by atoms with Crippen molar-refractivity contribution in [2.45, 2.75) is 32.1 Å². The normalized spacial score (nSPS) is 15.8. The number of hydrogen-bond donors (Lipinski definition) is 1. The minimum atomic E-state index is -0.0908. The van der Waals surface area contributed by atoms with Gasteiger partial charge >= 0.3 is 0 Å². The summed E-state index contributed by atoms with van der Waals surface area (Å²) < 4.78 is 0. The maximum absolute atomic E-state index is 12.1. The molecule has 2 aromatic heterocycles. The Hall–Kier alpha value is -1.82. The maximum Gasteiger partial charge on any atom is 0.270 e. The van der Waals surface area contributed by atoms with E-state index in [4.69, 9.17) is 0 Å². The van der Waals surface area contributed by atoms with Crippen LogP contribution in [0.5, 0.6) is 0 Å². The lowest BCUT2D eigenvalue weighted by Crippen LogP contribution is -2.30. The van der Waals surface area contributed by atoms with Gasteiger partial charge in [0.05, 0.1) is 6.20 Å². The average Bonchev–Trinajstić information content (AvgIpc) is 3.04. The van der Waals surface area contributed by atoms with Crippen LogP contribution in [0.25, 0.3) is 10.7 Å². The van der Waals surface area contributed by atoms with E-state index >= 15 is 0 Å². The molecule has 1 amide bonds. The standard InChI is InChI=1S/C15H18N4OS/c20-14(18-8-11-4-2-1-3-5-11)13-10-21-15(19-13)12-9-16-6-7-17-12/h6-7,9-11H,1-5,8H2,(H,18,20). The molecule has 5 nitrogen and oxygen atoms in total. The number of nitrogens with zero attached hydrogens (tertiary/aromatic N) is 3. The Bertz CT molecular complexity index is 593. The molecule has 0 atom stereocenters. The van der Waals surface area contributed by atoms with Crippen LogP contribution >= 0.6 is 11.3 Å². The van der Waals surface area contributed by atoms with Gasteiger partial charge in [-0.05, 0) is 18.8 Å². The van der Waals surface area contributed by atoms with Crippen molar-refractivity contribution in [3.8, 4) is 10.7 Å². The Balaban J connectivity index is 1.59. The highest BCUT2D eigenvalue weighted by molar-refractivity contribution is 7.13. The van der Waals surface area contributed by atoms with E-state index in [0.29, 0.717) is 17.3 Å². The third kappa shape index (κ3) is 3.64. The Morgan fingerprint density at radius 1 is 1.29 bits per heavy atom. The number of thiazole rings is 1. The van der Waals surface area contributed by atoms with Gasteiger partial charge in [-0.15, -0.1) is 11.3 Å². The van der Waals surface area contributed by atoms with Gasteiger partial charge in [-0.2, -0.15) is 0 Å². The first-order valence-corrected chi connectivity index (χ1v) is 8.21. The molecule has 0 spiro atoms. The molecule has 1 N–H and O–H groups in total. The highest BCUT2D eigenvalue weighted by Crippen LogP contribution is 2.23. The fourth-order valence-electron chi connectivity index (χ4n) is 2.62. The molecule has 1 aliphatic carbocycles. The maximum atomic E-state index is 12.1. The fraction of sp³-hybridized carbons (Fsp3) is 0.467. The van der Waals surface area contributed by atoms with E-state index in [2.05, 4.69) is 20.3 Å². The van der Waals surface area contributed by atoms with Gasteiger partial charge < -0.3 is 5.32 Å². The predicted molar refractivity (Wildman–Crippen MR) is 82.0 cm³/mol. The largest absolute Gasteiger partial charge is 0.350 e. The zero-order valence-corrected chi connectivity index (χ0v) is 12.6. The van der Waals surface area contributed by atoms with E-state index in [9.17, 15) is 4.79 Å². The molecule has 6 heteroatoms. The van der Waals surface area contributed by atoms with E-state index in [1.54, 1.807) is 24.0 Å². The molecular weight excluding hydrogens is 284 g/mol. The van der Waals surface area contributed by atoms with Gasteiger partial charge in [-0.3, -0.25) is 14.8 Å². The highest BCUT2D eigenvalue weighted by atomic mass is 32.1. The fourth-order valence-corrected chi connectivity index (χ4v) is 3.38. The van der Waals surface area contributed by atoms with E-state index < -0.39 is 0 Å². The minimum Gasteiger partial charge on any atom is -0.350 e. The van der Waals surface area contributed by atoms with Crippen LogP contribution in [0.2, 0.25) is 0 Å². The van der Waals surface area contributed by atoms with Crippen molar-refractivity contribution in [3.05, 3.63) is 29.7 Å². The third-order valence-electron chi connectivity index (χ3n) is 3.80. The van der Waals surface area contributed by atoms with Gasteiger partial charge in [0.1, 0.15) is 16.4 Å². The van der Waals surface area contributed by atoms with Crippen LogP contribution in [0.3, 0.4) is 0 Å². The monoisotopic (exact) mass is 302 g/mol. The van der Waals surface area contributed by atoms with Gasteiger partial charge in [0.15, 0.2) is 0 Å². The van der Waals surface area contributed by atoms with Gasteiger partial charge in [-0.25, -0.2) is 4.98 Å². The van der Waals surface area contributed by atoms with Crippen LogP contribution in [-0.4, -0.2) is 27.4 Å². The van der Waals surface area contributed by atoms with Crippen molar-refractivity contribution in [3.63, 3.8) is 0 Å². The van der Waals surface area contributed by atoms with Gasteiger partial charge in [-0.1, -0.05) is 19.3 Å². The van der Waals surface area contributed by atoms with Crippen molar-refractivity contribution in [1.29, 1.82) is 0 Å². The third-order valence-corrected chi connectivity index (χ3v) is 4.66. The molecule has 1 saturated carbocycles. The van der Waals surface area contributed by atoms with E-state index in [1.165, 1.54) is 43.4 Å². The van der Waals surface area contributed by atoms with Crippen molar-refractivity contribution in [1.82, 2.24) is 20.3 Å². The zero-order valence-electron chi connectivity index (χ0n) is 11.8. The first-order valence-electron chi connectivity index (χ1n) is 7.33. The lowest BCUT2D eigenvalue weighted by Gasteiger charge is -2.21. The van der Waals surface area contributed by atoms with Crippen molar-refractivity contribution in [2.75, 3.05) is 6.54 Å². The molecule has 1 fully saturated rings. The summed E-state index contributed by atoms with van der Waals surface area (Å²) in [6, 6.07) is 0. The number of carbonyl (C=O) groups excluding carboxylic acids is 1. The number of hydrogen-bond acceptors (Lipinski definition) is 5. The van der Waals surface area contributed by atoms with Gasteiger partial charge in [0.25, 0.3) is 5.91 Å². The zero-order chi connectivity index (χ0) is 14.5. The second-order valence-corrected chi connectivity index (χ2v) is 6.20. The van der Waals surface area contributed by atoms with Crippen LogP contribution in [-0.2, 0) is 0 Å². The molecule has 2 heterocycles. The van der Waals surface area contributed by atoms with Crippen molar-refractivity contribution in [2.24, 2.45) is 5.92 Å². The molecule has 0 saturated heterocycles. The quantitative estimate of drug-likeness (QED) is 0.943. The van der Waals surface area contributed by atoms with Crippen LogP contribution in [0, 0.1) is 5.92 Å². The summed E-state index contributed by atoms with van der Waals surface area (Å²) in [6.45, 7) is 0.761. The van der Waals surface area contributed by atoms with Crippen LogP contribution < -0.4 is 5.32 Å². The predicted octanol–water partition coefficient (Wildman–Crippen LogP) is 2.91. The summed E-state index contributed by atoms with van der Waals surface area (Å²) in [6.07, 6.45) is 11.3. The molecule has 110 valence electrons. The second-order valence-electron chi connectivity index (χ2n) is 5.34. The molecule has 0 bridgehead atoms. The number of rotatable bonds is 4. The summed E-state index contributed by atoms with van der Waals surface area (Å²) in [7, 11) is 0. The molecule has 0 radical (unpaired) electrons. The van der Waals surface area contributed by atoms with Gasteiger partial charge in [0.2, 0.25) is 0 Å². The topological polar surface area (TPSA) is 67.8 Å². The van der Waals surface area contributed by atoms with E-state index in [1.807, 2.05) is 0 Å². The Kier molecular flexibility index (Phi) is 4.55. The first-order chi connectivity index (χ1) is 10.3. The van der Waals surface area contributed by atoms with Crippen molar-refractivity contribution >= 4 is 17.2 Å². The second kappa shape index (κ2) is 6.76. The lowest BCUT2D eigenvalue weighted by molar-refractivity contribution is 0.0939. The molecule has 3 rings (SSSR count). The highest BCUT2D eigenvalue weighted by Gasteiger charge is 2.16. The Morgan fingerprint density at radius 3 is 2.90 bits per heavy atom. The molecule has 1 aliphatic rings. The molecular formula is C15H18N4OS.